The van der Waals surface area contributed by atoms with Gasteiger partial charge in [-0.1, -0.05) is 24.6 Å². The van der Waals surface area contributed by atoms with Gasteiger partial charge in [-0.25, -0.2) is 0 Å². The van der Waals surface area contributed by atoms with E-state index >= 15 is 0 Å². The first-order valence-corrected chi connectivity index (χ1v) is 6.56. The number of anilines is 1. The van der Waals surface area contributed by atoms with E-state index in [0.29, 0.717) is 0 Å². The average molecular weight is 232 g/mol. The lowest BCUT2D eigenvalue weighted by Crippen LogP contribution is -2.47. The van der Waals surface area contributed by atoms with Gasteiger partial charge in [0, 0.05) is 24.8 Å². The maximum Gasteiger partial charge on any atom is 0.0366 e. The van der Waals surface area contributed by atoms with Crippen LogP contribution in [0.5, 0.6) is 0 Å². The molecule has 0 N–H and O–H groups in total. The van der Waals surface area contributed by atoms with Crippen molar-refractivity contribution in [1.82, 2.24) is 4.90 Å². The molecular weight excluding hydrogens is 208 g/mol. The predicted molar refractivity (Wildman–Crippen MR) is 74.6 cm³/mol. The largest absolute Gasteiger partial charge is 0.371 e. The van der Waals surface area contributed by atoms with Crippen LogP contribution in [0, 0.1) is 12.8 Å². The van der Waals surface area contributed by atoms with Crippen LogP contribution >= 0.6 is 0 Å². The van der Waals surface area contributed by atoms with E-state index < -0.39 is 0 Å². The van der Waals surface area contributed by atoms with Gasteiger partial charge in [0.05, 0.1) is 0 Å². The zero-order valence-corrected chi connectivity index (χ0v) is 11.5. The van der Waals surface area contributed by atoms with Crippen LogP contribution < -0.4 is 4.90 Å². The number of hydrogen-bond donors (Lipinski definition) is 0. The van der Waals surface area contributed by atoms with Crippen molar-refractivity contribution in [3.63, 3.8) is 0 Å². The number of piperidine rings is 1. The lowest BCUT2D eigenvalue weighted by molar-refractivity contribution is 0.191. The van der Waals surface area contributed by atoms with E-state index in [4.69, 9.17) is 0 Å². The minimum Gasteiger partial charge on any atom is -0.371 e. The average Bonchev–Trinajstić information content (AvgIpc) is 2.29. The summed E-state index contributed by atoms with van der Waals surface area (Å²) in [6.45, 7) is 6.86. The Balaban J connectivity index is 2.04. The molecule has 2 unspecified atom stereocenters. The molecule has 17 heavy (non-hydrogen) atoms. The summed E-state index contributed by atoms with van der Waals surface area (Å²) in [4.78, 5) is 4.89. The highest BCUT2D eigenvalue weighted by Gasteiger charge is 2.27. The molecule has 1 aromatic rings. The van der Waals surface area contributed by atoms with Gasteiger partial charge in [0.2, 0.25) is 0 Å². The van der Waals surface area contributed by atoms with Crippen LogP contribution in [-0.4, -0.2) is 38.1 Å². The van der Waals surface area contributed by atoms with E-state index in [0.717, 1.165) is 12.0 Å². The zero-order valence-electron chi connectivity index (χ0n) is 11.5. The third-order valence-corrected chi connectivity index (χ3v) is 3.92. The van der Waals surface area contributed by atoms with Gasteiger partial charge in [-0.05, 0) is 45.5 Å². The van der Waals surface area contributed by atoms with Gasteiger partial charge in [0.1, 0.15) is 0 Å². The summed E-state index contributed by atoms with van der Waals surface area (Å²) in [5.41, 5.74) is 2.71. The van der Waals surface area contributed by atoms with Crippen molar-refractivity contribution in [2.45, 2.75) is 26.3 Å². The quantitative estimate of drug-likeness (QED) is 0.773. The predicted octanol–water partition coefficient (Wildman–Crippen LogP) is 2.77. The molecule has 1 aliphatic rings. The summed E-state index contributed by atoms with van der Waals surface area (Å²) in [5.74, 6) is 0.736. The van der Waals surface area contributed by atoms with Crippen LogP contribution in [0.3, 0.4) is 0 Å². The fourth-order valence-electron chi connectivity index (χ4n) is 2.89. The molecule has 1 aromatic carbocycles. The molecule has 0 bridgehead atoms. The standard InChI is InChI=1S/C15H24N2/c1-12-5-7-14(8-6-12)17-10-9-15(16(3)4)13(2)11-17/h5-8,13,15H,9-11H2,1-4H3. The Kier molecular flexibility index (Phi) is 3.72. The smallest absolute Gasteiger partial charge is 0.0366 e. The Hall–Kier alpha value is -1.02. The fourth-order valence-corrected chi connectivity index (χ4v) is 2.89. The molecule has 1 saturated heterocycles. The summed E-state index contributed by atoms with van der Waals surface area (Å²) in [7, 11) is 4.39. The van der Waals surface area contributed by atoms with E-state index in [1.54, 1.807) is 0 Å². The van der Waals surface area contributed by atoms with E-state index in [1.807, 2.05) is 0 Å². The Morgan fingerprint density at radius 1 is 1.18 bits per heavy atom. The first kappa shape index (κ1) is 12.4. The summed E-state index contributed by atoms with van der Waals surface area (Å²) >= 11 is 0. The highest BCUT2D eigenvalue weighted by atomic mass is 15.2. The van der Waals surface area contributed by atoms with Gasteiger partial charge in [-0.15, -0.1) is 0 Å². The van der Waals surface area contributed by atoms with E-state index in [-0.39, 0.29) is 0 Å². The van der Waals surface area contributed by atoms with Crippen molar-refractivity contribution in [3.05, 3.63) is 29.8 Å². The summed E-state index contributed by atoms with van der Waals surface area (Å²) in [6, 6.07) is 9.64. The van der Waals surface area contributed by atoms with Gasteiger partial charge < -0.3 is 9.80 Å². The molecule has 94 valence electrons. The maximum atomic E-state index is 2.52. The van der Waals surface area contributed by atoms with Gasteiger partial charge in [0.25, 0.3) is 0 Å². The maximum absolute atomic E-state index is 2.52. The van der Waals surface area contributed by atoms with E-state index in [2.05, 4.69) is 62.0 Å². The molecule has 2 heteroatoms. The fraction of sp³-hybridized carbons (Fsp3) is 0.600. The Morgan fingerprint density at radius 2 is 1.82 bits per heavy atom. The molecule has 0 saturated carbocycles. The van der Waals surface area contributed by atoms with Crippen LogP contribution in [0.15, 0.2) is 24.3 Å². The minimum atomic E-state index is 0.733. The Morgan fingerprint density at radius 3 is 2.35 bits per heavy atom. The van der Waals surface area contributed by atoms with Gasteiger partial charge in [-0.3, -0.25) is 0 Å². The van der Waals surface area contributed by atoms with Gasteiger partial charge in [-0.2, -0.15) is 0 Å². The number of benzene rings is 1. The molecular formula is C15H24N2. The second kappa shape index (κ2) is 5.09. The monoisotopic (exact) mass is 232 g/mol. The molecule has 1 fully saturated rings. The van der Waals surface area contributed by atoms with Crippen molar-refractivity contribution >= 4 is 5.69 Å². The first-order valence-electron chi connectivity index (χ1n) is 6.56. The molecule has 0 spiro atoms. The van der Waals surface area contributed by atoms with Crippen LogP contribution in [0.1, 0.15) is 18.9 Å². The first-order chi connectivity index (χ1) is 8.08. The van der Waals surface area contributed by atoms with Crippen molar-refractivity contribution in [2.24, 2.45) is 5.92 Å². The van der Waals surface area contributed by atoms with Crippen molar-refractivity contribution in [3.8, 4) is 0 Å². The van der Waals surface area contributed by atoms with Gasteiger partial charge in [0.15, 0.2) is 0 Å². The molecule has 2 nitrogen and oxygen atoms in total. The summed E-state index contributed by atoms with van der Waals surface area (Å²) in [6.07, 6.45) is 1.27. The second-order valence-electron chi connectivity index (χ2n) is 5.58. The van der Waals surface area contributed by atoms with Crippen molar-refractivity contribution in [1.29, 1.82) is 0 Å². The topological polar surface area (TPSA) is 6.48 Å². The Bertz CT molecular complexity index is 356. The third-order valence-electron chi connectivity index (χ3n) is 3.92. The highest BCUT2D eigenvalue weighted by Crippen LogP contribution is 2.25. The van der Waals surface area contributed by atoms with Crippen LogP contribution in [-0.2, 0) is 0 Å². The number of rotatable bonds is 2. The molecule has 1 heterocycles. The van der Waals surface area contributed by atoms with Crippen LogP contribution in [0.25, 0.3) is 0 Å². The van der Waals surface area contributed by atoms with Crippen molar-refractivity contribution < 1.29 is 0 Å². The molecule has 2 rings (SSSR count). The van der Waals surface area contributed by atoms with Gasteiger partial charge >= 0.3 is 0 Å². The molecule has 0 radical (unpaired) electrons. The SMILES string of the molecule is Cc1ccc(N2CCC(N(C)C)C(C)C2)cc1. The zero-order chi connectivity index (χ0) is 12.4. The molecule has 0 aliphatic carbocycles. The van der Waals surface area contributed by atoms with Crippen LogP contribution in [0.4, 0.5) is 5.69 Å². The molecule has 2 atom stereocenters. The molecule has 0 aromatic heterocycles. The van der Waals surface area contributed by atoms with E-state index in [1.165, 1.54) is 30.8 Å². The number of aryl methyl sites for hydroxylation is 1. The minimum absolute atomic E-state index is 0.733. The second-order valence-corrected chi connectivity index (χ2v) is 5.58. The van der Waals surface area contributed by atoms with E-state index in [9.17, 15) is 0 Å². The lowest BCUT2D eigenvalue weighted by atomic mass is 9.92. The summed E-state index contributed by atoms with van der Waals surface area (Å²) < 4.78 is 0. The number of hydrogen-bond acceptors (Lipinski definition) is 2. The molecule has 0 amide bonds. The summed E-state index contributed by atoms with van der Waals surface area (Å²) in [5, 5.41) is 0. The van der Waals surface area contributed by atoms with Crippen LogP contribution in [0.2, 0.25) is 0 Å². The molecule has 1 aliphatic heterocycles. The number of nitrogens with zero attached hydrogens (tertiary/aromatic N) is 2. The lowest BCUT2D eigenvalue weighted by Gasteiger charge is -2.41. The Labute approximate surface area is 105 Å². The normalized spacial score (nSPS) is 25.4. The highest BCUT2D eigenvalue weighted by molar-refractivity contribution is 5.48. The van der Waals surface area contributed by atoms with Crippen molar-refractivity contribution in [2.75, 3.05) is 32.1 Å². The third kappa shape index (κ3) is 2.81.